The van der Waals surface area contributed by atoms with Gasteiger partial charge in [0, 0.05) is 17.9 Å². The fraction of sp³-hybridized carbons (Fsp3) is 0.350. The number of carbonyl (C=O) groups is 1. The minimum atomic E-state index is -4.44. The molecule has 3 rings (SSSR count). The van der Waals surface area contributed by atoms with Crippen molar-refractivity contribution >= 4 is 33.1 Å². The van der Waals surface area contributed by atoms with E-state index in [1.54, 1.807) is 18.2 Å². The van der Waals surface area contributed by atoms with Gasteiger partial charge in [-0.05, 0) is 67.3 Å². The average Bonchev–Trinajstić information content (AvgIpc) is 2.67. The first-order valence-electron chi connectivity index (χ1n) is 9.49. The highest BCUT2D eigenvalue weighted by atomic mass is 32.2. The molecule has 2 N–H and O–H groups in total. The van der Waals surface area contributed by atoms with Crippen LogP contribution < -0.4 is 14.9 Å². The summed E-state index contributed by atoms with van der Waals surface area (Å²) in [5, 5.41) is 5.10. The lowest BCUT2D eigenvalue weighted by Gasteiger charge is -2.30. The molecule has 0 bridgehead atoms. The van der Waals surface area contributed by atoms with Crippen LogP contribution >= 0.6 is 0 Å². The number of hydrogen-bond donors (Lipinski definition) is 2. The third-order valence-electron chi connectivity index (χ3n) is 4.68. The molecule has 6 nitrogen and oxygen atoms in total. The predicted molar refractivity (Wildman–Crippen MR) is 110 cm³/mol. The second-order valence-electron chi connectivity index (χ2n) is 6.99. The van der Waals surface area contributed by atoms with Crippen LogP contribution in [0.15, 0.2) is 42.5 Å². The second kappa shape index (κ2) is 8.55. The topological polar surface area (TPSA) is 78.5 Å². The molecule has 1 aliphatic rings. The number of anilines is 3. The molecule has 30 heavy (non-hydrogen) atoms. The van der Waals surface area contributed by atoms with E-state index >= 15 is 0 Å². The van der Waals surface area contributed by atoms with Gasteiger partial charge < -0.3 is 10.6 Å². The Morgan fingerprint density at radius 1 is 1.07 bits per heavy atom. The zero-order chi connectivity index (χ0) is 21.9. The first kappa shape index (κ1) is 21.9. The molecule has 0 atom stereocenters. The quantitative estimate of drug-likeness (QED) is 0.697. The zero-order valence-corrected chi connectivity index (χ0v) is 17.1. The average molecular weight is 441 g/mol. The molecule has 1 heterocycles. The lowest BCUT2D eigenvalue weighted by Crippen LogP contribution is -2.37. The van der Waals surface area contributed by atoms with E-state index in [1.165, 1.54) is 16.4 Å². The van der Waals surface area contributed by atoms with E-state index in [1.807, 2.05) is 6.92 Å². The molecule has 0 saturated carbocycles. The predicted octanol–water partition coefficient (Wildman–Crippen LogP) is 4.84. The number of hydrogen-bond acceptors (Lipinski definition) is 3. The summed E-state index contributed by atoms with van der Waals surface area (Å²) in [4.78, 5) is 12.2. The molecule has 10 heteroatoms. The van der Waals surface area contributed by atoms with Gasteiger partial charge in [0.05, 0.1) is 17.0 Å². The summed E-state index contributed by atoms with van der Waals surface area (Å²) in [5.74, 6) is 0.0714. The number of halogens is 3. The third-order valence-corrected chi connectivity index (χ3v) is 6.66. The Morgan fingerprint density at radius 3 is 2.33 bits per heavy atom. The summed E-state index contributed by atoms with van der Waals surface area (Å²) in [6, 6.07) is 8.49. The Kier molecular flexibility index (Phi) is 6.25. The number of aryl methyl sites for hydroxylation is 1. The van der Waals surface area contributed by atoms with Crippen LogP contribution in [0.5, 0.6) is 0 Å². The van der Waals surface area contributed by atoms with Gasteiger partial charge in [0.1, 0.15) is 0 Å². The van der Waals surface area contributed by atoms with Crippen molar-refractivity contribution in [1.82, 2.24) is 0 Å². The molecule has 0 radical (unpaired) electrons. The van der Waals surface area contributed by atoms with Crippen LogP contribution in [0, 0.1) is 0 Å². The monoisotopic (exact) mass is 441 g/mol. The Morgan fingerprint density at radius 2 is 1.70 bits per heavy atom. The normalized spacial score (nSPS) is 14.2. The standard InChI is InChI=1S/C20H22F3N3O3S/c1-2-12-30(28,29)26-11-3-4-14-13-17(9-10-18(14)26)25-19(27)24-16-7-5-15(6-8-16)20(21,22)23/h5-10,13H,2-4,11-12H2,1H3,(H2,24,25,27). The fourth-order valence-electron chi connectivity index (χ4n) is 3.33. The molecule has 0 saturated heterocycles. The van der Waals surface area contributed by atoms with Gasteiger partial charge >= 0.3 is 12.2 Å². The number of alkyl halides is 3. The summed E-state index contributed by atoms with van der Waals surface area (Å²) in [7, 11) is -3.38. The minimum Gasteiger partial charge on any atom is -0.308 e. The van der Waals surface area contributed by atoms with Crippen molar-refractivity contribution in [3.63, 3.8) is 0 Å². The van der Waals surface area contributed by atoms with Gasteiger partial charge in [0.2, 0.25) is 10.0 Å². The minimum absolute atomic E-state index is 0.0714. The Bertz CT molecular complexity index is 1020. The molecule has 0 aromatic heterocycles. The van der Waals surface area contributed by atoms with Crippen molar-refractivity contribution in [2.45, 2.75) is 32.4 Å². The molecule has 162 valence electrons. The molecule has 0 aliphatic carbocycles. The van der Waals surface area contributed by atoms with Crippen LogP contribution in [-0.2, 0) is 22.6 Å². The number of nitrogens with zero attached hydrogens (tertiary/aromatic N) is 1. The van der Waals surface area contributed by atoms with E-state index < -0.39 is 27.8 Å². The second-order valence-corrected chi connectivity index (χ2v) is 9.00. The highest BCUT2D eigenvalue weighted by Crippen LogP contribution is 2.32. The number of sulfonamides is 1. The van der Waals surface area contributed by atoms with Gasteiger partial charge in [-0.3, -0.25) is 4.31 Å². The SMILES string of the molecule is CCCS(=O)(=O)N1CCCc2cc(NC(=O)Nc3ccc(C(F)(F)F)cc3)ccc21. The maximum atomic E-state index is 12.6. The van der Waals surface area contributed by atoms with Crippen LogP contribution in [0.2, 0.25) is 0 Å². The number of urea groups is 1. The molecule has 0 unspecified atom stereocenters. The highest BCUT2D eigenvalue weighted by Gasteiger charge is 2.30. The van der Waals surface area contributed by atoms with Crippen molar-refractivity contribution < 1.29 is 26.4 Å². The first-order chi connectivity index (χ1) is 14.1. The van der Waals surface area contributed by atoms with Crippen LogP contribution in [0.1, 0.15) is 30.9 Å². The van der Waals surface area contributed by atoms with E-state index in [2.05, 4.69) is 10.6 Å². The number of benzene rings is 2. The van der Waals surface area contributed by atoms with Crippen LogP contribution in [-0.4, -0.2) is 26.7 Å². The maximum absolute atomic E-state index is 12.6. The molecule has 1 aliphatic heterocycles. The zero-order valence-electron chi connectivity index (χ0n) is 16.3. The number of fused-ring (bicyclic) bond motifs is 1. The van der Waals surface area contributed by atoms with E-state index in [9.17, 15) is 26.4 Å². The van der Waals surface area contributed by atoms with Crippen molar-refractivity contribution in [3.8, 4) is 0 Å². The molecule has 2 aromatic rings. The van der Waals surface area contributed by atoms with Crippen molar-refractivity contribution in [3.05, 3.63) is 53.6 Å². The Labute approximate surface area is 173 Å². The molecule has 2 aromatic carbocycles. The van der Waals surface area contributed by atoms with Crippen molar-refractivity contribution in [2.75, 3.05) is 27.2 Å². The van der Waals surface area contributed by atoms with Gasteiger partial charge in [-0.2, -0.15) is 13.2 Å². The van der Waals surface area contributed by atoms with Gasteiger partial charge in [0.15, 0.2) is 0 Å². The van der Waals surface area contributed by atoms with E-state index in [4.69, 9.17) is 0 Å². The van der Waals surface area contributed by atoms with E-state index in [0.717, 1.165) is 17.7 Å². The fourth-order valence-corrected chi connectivity index (χ4v) is 4.95. The molecule has 2 amide bonds. The lowest BCUT2D eigenvalue weighted by molar-refractivity contribution is -0.137. The van der Waals surface area contributed by atoms with Crippen LogP contribution in [0.4, 0.5) is 35.0 Å². The van der Waals surface area contributed by atoms with Gasteiger partial charge in [-0.25, -0.2) is 13.2 Å². The summed E-state index contributed by atoms with van der Waals surface area (Å²) < 4.78 is 64.2. The molecular formula is C20H22F3N3O3S. The van der Waals surface area contributed by atoms with Crippen molar-refractivity contribution in [1.29, 1.82) is 0 Å². The maximum Gasteiger partial charge on any atom is 0.416 e. The largest absolute Gasteiger partial charge is 0.416 e. The number of carbonyl (C=O) groups excluding carboxylic acids is 1. The Hall–Kier alpha value is -2.75. The molecular weight excluding hydrogens is 419 g/mol. The van der Waals surface area contributed by atoms with E-state index in [-0.39, 0.29) is 11.4 Å². The van der Waals surface area contributed by atoms with Gasteiger partial charge in [0.25, 0.3) is 0 Å². The van der Waals surface area contributed by atoms with Gasteiger partial charge in [-0.1, -0.05) is 6.92 Å². The summed E-state index contributed by atoms with van der Waals surface area (Å²) in [5.41, 5.74) is 1.31. The first-order valence-corrected chi connectivity index (χ1v) is 11.1. The third kappa shape index (κ3) is 5.05. The number of rotatable bonds is 5. The van der Waals surface area contributed by atoms with Gasteiger partial charge in [-0.15, -0.1) is 0 Å². The molecule has 0 fully saturated rings. The number of nitrogens with one attached hydrogen (secondary N) is 2. The molecule has 0 spiro atoms. The van der Waals surface area contributed by atoms with Crippen LogP contribution in [0.25, 0.3) is 0 Å². The highest BCUT2D eigenvalue weighted by molar-refractivity contribution is 7.92. The van der Waals surface area contributed by atoms with E-state index in [0.29, 0.717) is 37.2 Å². The lowest BCUT2D eigenvalue weighted by atomic mass is 10.0. The summed E-state index contributed by atoms with van der Waals surface area (Å²) in [6.07, 6.45) is -2.55. The smallest absolute Gasteiger partial charge is 0.308 e. The number of amides is 2. The summed E-state index contributed by atoms with van der Waals surface area (Å²) >= 11 is 0. The Balaban J connectivity index is 1.70. The van der Waals surface area contributed by atoms with Crippen molar-refractivity contribution in [2.24, 2.45) is 0 Å². The summed E-state index contributed by atoms with van der Waals surface area (Å²) in [6.45, 7) is 2.24. The van der Waals surface area contributed by atoms with Crippen LogP contribution in [0.3, 0.4) is 0 Å².